The SMILES string of the molecule is Cc1ccccc1-c1cc2ccccn2c1C(=O)C(=O)Cl. The van der Waals surface area contributed by atoms with Crippen LogP contribution in [-0.2, 0) is 4.79 Å². The standard InChI is InChI=1S/C17H12ClNO2/c1-11-6-2-3-8-13(11)14-10-12-7-4-5-9-19(12)15(14)16(20)17(18)21/h2-10H,1H3. The number of halogens is 1. The molecule has 0 radical (unpaired) electrons. The van der Waals surface area contributed by atoms with E-state index >= 15 is 0 Å². The molecule has 0 N–H and O–H groups in total. The normalized spacial score (nSPS) is 10.8. The second kappa shape index (κ2) is 5.19. The number of aromatic nitrogens is 1. The molecule has 3 rings (SSSR count). The molecule has 0 atom stereocenters. The summed E-state index contributed by atoms with van der Waals surface area (Å²) >= 11 is 5.42. The first-order valence-corrected chi connectivity index (χ1v) is 6.87. The van der Waals surface area contributed by atoms with Crippen molar-refractivity contribution in [2.24, 2.45) is 0 Å². The fourth-order valence-corrected chi connectivity index (χ4v) is 2.62. The number of benzene rings is 1. The van der Waals surface area contributed by atoms with Gasteiger partial charge in [-0.3, -0.25) is 9.59 Å². The van der Waals surface area contributed by atoms with Crippen molar-refractivity contribution in [1.29, 1.82) is 0 Å². The van der Waals surface area contributed by atoms with Crippen molar-refractivity contribution in [3.05, 3.63) is 66.0 Å². The Kier molecular flexibility index (Phi) is 3.35. The molecule has 1 aromatic carbocycles. The number of hydrogen-bond acceptors (Lipinski definition) is 2. The molecule has 0 fully saturated rings. The van der Waals surface area contributed by atoms with Crippen LogP contribution in [0.4, 0.5) is 0 Å². The van der Waals surface area contributed by atoms with Gasteiger partial charge in [0, 0.05) is 17.3 Å². The van der Waals surface area contributed by atoms with Gasteiger partial charge in [-0.15, -0.1) is 0 Å². The monoisotopic (exact) mass is 297 g/mol. The average Bonchev–Trinajstić information content (AvgIpc) is 2.85. The van der Waals surface area contributed by atoms with Gasteiger partial charge in [0.25, 0.3) is 11.0 Å². The van der Waals surface area contributed by atoms with Gasteiger partial charge in [-0.1, -0.05) is 30.3 Å². The third-order valence-corrected chi connectivity index (χ3v) is 3.68. The lowest BCUT2D eigenvalue weighted by molar-refractivity contribution is -0.108. The maximum absolute atomic E-state index is 12.2. The van der Waals surface area contributed by atoms with E-state index in [-0.39, 0.29) is 0 Å². The Morgan fingerprint density at radius 3 is 2.43 bits per heavy atom. The molecule has 3 aromatic rings. The van der Waals surface area contributed by atoms with E-state index in [4.69, 9.17) is 11.6 Å². The summed E-state index contributed by atoms with van der Waals surface area (Å²) in [6.45, 7) is 1.97. The number of carbonyl (C=O) groups excluding carboxylic acids is 2. The highest BCUT2D eigenvalue weighted by atomic mass is 35.5. The number of Topliss-reactive ketones (excluding diaryl/α,β-unsaturated/α-hetero) is 1. The Labute approximate surface area is 126 Å². The number of carbonyl (C=O) groups is 2. The molecular formula is C17H12ClNO2. The number of fused-ring (bicyclic) bond motifs is 1. The molecule has 0 amide bonds. The number of pyridine rings is 1. The first-order chi connectivity index (χ1) is 10.1. The fourth-order valence-electron chi connectivity index (χ4n) is 2.53. The number of rotatable bonds is 3. The topological polar surface area (TPSA) is 38.5 Å². The highest BCUT2D eigenvalue weighted by molar-refractivity contribution is 6.83. The van der Waals surface area contributed by atoms with Gasteiger partial charge in [-0.25, -0.2) is 0 Å². The van der Waals surface area contributed by atoms with Crippen LogP contribution in [-0.4, -0.2) is 15.4 Å². The molecule has 4 heteroatoms. The first kappa shape index (κ1) is 13.6. The fraction of sp³-hybridized carbons (Fsp3) is 0.0588. The van der Waals surface area contributed by atoms with Gasteiger partial charge in [-0.2, -0.15) is 0 Å². The summed E-state index contributed by atoms with van der Waals surface area (Å²) in [6, 6.07) is 15.2. The Morgan fingerprint density at radius 1 is 1.00 bits per heavy atom. The summed E-state index contributed by atoms with van der Waals surface area (Å²) in [7, 11) is 0. The largest absolute Gasteiger partial charge is 0.313 e. The molecule has 2 heterocycles. The second-order valence-corrected chi connectivity index (χ2v) is 5.16. The van der Waals surface area contributed by atoms with Crippen molar-refractivity contribution in [3.63, 3.8) is 0 Å². The molecule has 0 aliphatic heterocycles. The zero-order chi connectivity index (χ0) is 15.0. The van der Waals surface area contributed by atoms with Crippen LogP contribution in [0.2, 0.25) is 0 Å². The van der Waals surface area contributed by atoms with E-state index in [9.17, 15) is 9.59 Å². The number of nitrogens with zero attached hydrogens (tertiary/aromatic N) is 1. The number of aryl methyl sites for hydroxylation is 1. The number of hydrogen-bond donors (Lipinski definition) is 0. The molecular weight excluding hydrogens is 286 g/mol. The third-order valence-electron chi connectivity index (χ3n) is 3.51. The summed E-state index contributed by atoms with van der Waals surface area (Å²) in [6.07, 6.45) is 1.75. The van der Waals surface area contributed by atoms with Crippen LogP contribution >= 0.6 is 11.6 Å². The minimum Gasteiger partial charge on any atom is -0.313 e. The Morgan fingerprint density at radius 2 is 1.71 bits per heavy atom. The average molecular weight is 298 g/mol. The van der Waals surface area contributed by atoms with E-state index in [2.05, 4.69) is 0 Å². The van der Waals surface area contributed by atoms with Gasteiger partial charge >= 0.3 is 0 Å². The summed E-state index contributed by atoms with van der Waals surface area (Å²) in [5.41, 5.74) is 3.82. The molecule has 104 valence electrons. The van der Waals surface area contributed by atoms with E-state index in [0.717, 1.165) is 22.2 Å². The highest BCUT2D eigenvalue weighted by Gasteiger charge is 2.23. The lowest BCUT2D eigenvalue weighted by Crippen LogP contribution is -2.11. The molecule has 0 spiro atoms. The van der Waals surface area contributed by atoms with Crippen molar-refractivity contribution < 1.29 is 9.59 Å². The predicted molar refractivity (Wildman–Crippen MR) is 82.8 cm³/mol. The smallest absolute Gasteiger partial charge is 0.294 e. The molecule has 0 aliphatic rings. The maximum Gasteiger partial charge on any atom is 0.294 e. The molecule has 0 unspecified atom stereocenters. The summed E-state index contributed by atoms with van der Waals surface area (Å²) < 4.78 is 1.70. The van der Waals surface area contributed by atoms with Gasteiger partial charge in [0.2, 0.25) is 0 Å². The van der Waals surface area contributed by atoms with Crippen molar-refractivity contribution in [1.82, 2.24) is 4.40 Å². The lowest BCUT2D eigenvalue weighted by Gasteiger charge is -2.06. The van der Waals surface area contributed by atoms with E-state index in [1.807, 2.05) is 55.5 Å². The van der Waals surface area contributed by atoms with E-state index in [1.165, 1.54) is 0 Å². The maximum atomic E-state index is 12.2. The molecule has 0 saturated carbocycles. The van der Waals surface area contributed by atoms with Crippen molar-refractivity contribution in [3.8, 4) is 11.1 Å². The molecule has 0 aliphatic carbocycles. The quantitative estimate of drug-likeness (QED) is 0.418. The van der Waals surface area contributed by atoms with Crippen molar-refractivity contribution in [2.45, 2.75) is 6.92 Å². The van der Waals surface area contributed by atoms with Gasteiger partial charge in [0.05, 0.1) is 0 Å². The third kappa shape index (κ3) is 2.26. The van der Waals surface area contributed by atoms with Crippen LogP contribution in [0.25, 0.3) is 16.6 Å². The number of ketones is 1. The first-order valence-electron chi connectivity index (χ1n) is 6.50. The van der Waals surface area contributed by atoms with Crippen molar-refractivity contribution in [2.75, 3.05) is 0 Å². The van der Waals surface area contributed by atoms with Crippen molar-refractivity contribution >= 4 is 28.1 Å². The summed E-state index contributed by atoms with van der Waals surface area (Å²) in [5.74, 6) is -0.693. The van der Waals surface area contributed by atoms with Crippen LogP contribution in [0, 0.1) is 6.92 Å². The van der Waals surface area contributed by atoms with E-state index < -0.39 is 11.0 Å². The summed E-state index contributed by atoms with van der Waals surface area (Å²) in [5, 5.41) is -0.978. The van der Waals surface area contributed by atoms with Crippen LogP contribution in [0.15, 0.2) is 54.7 Å². The van der Waals surface area contributed by atoms with Gasteiger partial charge < -0.3 is 4.40 Å². The molecule has 3 nitrogen and oxygen atoms in total. The van der Waals surface area contributed by atoms with E-state index in [0.29, 0.717) is 5.69 Å². The van der Waals surface area contributed by atoms with E-state index in [1.54, 1.807) is 10.6 Å². The second-order valence-electron chi connectivity index (χ2n) is 4.82. The zero-order valence-electron chi connectivity index (χ0n) is 11.3. The van der Waals surface area contributed by atoms with Gasteiger partial charge in [0.1, 0.15) is 5.69 Å². The Hall–Kier alpha value is -2.39. The minimum atomic E-state index is -0.978. The molecule has 21 heavy (non-hydrogen) atoms. The van der Waals surface area contributed by atoms with Gasteiger partial charge in [-0.05, 0) is 47.9 Å². The van der Waals surface area contributed by atoms with Crippen LogP contribution < -0.4 is 0 Å². The van der Waals surface area contributed by atoms with Gasteiger partial charge in [0.15, 0.2) is 0 Å². The minimum absolute atomic E-state index is 0.305. The van der Waals surface area contributed by atoms with Crippen LogP contribution in [0.1, 0.15) is 16.1 Å². The van der Waals surface area contributed by atoms with Crippen LogP contribution in [0.3, 0.4) is 0 Å². The molecule has 0 bridgehead atoms. The lowest BCUT2D eigenvalue weighted by atomic mass is 9.99. The zero-order valence-corrected chi connectivity index (χ0v) is 12.1. The highest BCUT2D eigenvalue weighted by Crippen LogP contribution is 2.30. The Bertz CT molecular complexity index is 864. The molecule has 0 saturated heterocycles. The molecule has 2 aromatic heterocycles. The van der Waals surface area contributed by atoms with Crippen LogP contribution in [0.5, 0.6) is 0 Å². The Balaban J connectivity index is 2.37. The summed E-state index contributed by atoms with van der Waals surface area (Å²) in [4.78, 5) is 23.6. The predicted octanol–water partition coefficient (Wildman–Crippen LogP) is 3.86.